The first-order chi connectivity index (χ1) is 13.5. The summed E-state index contributed by atoms with van der Waals surface area (Å²) >= 11 is 0. The van der Waals surface area contributed by atoms with Gasteiger partial charge in [-0.05, 0) is 32.1 Å². The molecule has 0 aliphatic carbocycles. The monoisotopic (exact) mass is 396 g/mol. The Morgan fingerprint density at radius 1 is 0.857 bits per heavy atom. The summed E-state index contributed by atoms with van der Waals surface area (Å²) < 4.78 is 5.38. The molecule has 0 aliphatic heterocycles. The van der Waals surface area contributed by atoms with Crippen LogP contribution in [0.2, 0.25) is 0 Å². The lowest BCUT2D eigenvalue weighted by Gasteiger charge is -2.15. The van der Waals surface area contributed by atoms with Gasteiger partial charge in [0.05, 0.1) is 0 Å². The fourth-order valence-electron chi connectivity index (χ4n) is 2.80. The van der Waals surface area contributed by atoms with Crippen molar-refractivity contribution in [1.82, 2.24) is 0 Å². The Morgan fingerprint density at radius 3 is 2.21 bits per heavy atom. The van der Waals surface area contributed by atoms with Crippen LogP contribution in [-0.2, 0) is 19.1 Å². The summed E-state index contributed by atoms with van der Waals surface area (Å²) in [5.41, 5.74) is 0. The van der Waals surface area contributed by atoms with E-state index < -0.39 is 17.9 Å². The summed E-state index contributed by atoms with van der Waals surface area (Å²) in [4.78, 5) is 32.6. The topological polar surface area (TPSA) is 101 Å². The number of allylic oxidation sites excluding steroid dienone is 1. The Morgan fingerprint density at radius 2 is 1.54 bits per heavy atom. The molecule has 0 fully saturated rings. The van der Waals surface area contributed by atoms with Crippen molar-refractivity contribution in [3.05, 3.63) is 24.3 Å². The van der Waals surface area contributed by atoms with Crippen molar-refractivity contribution >= 4 is 17.9 Å². The van der Waals surface area contributed by atoms with Crippen LogP contribution in [0.15, 0.2) is 24.3 Å². The van der Waals surface area contributed by atoms with Crippen LogP contribution in [0, 0.1) is 0 Å². The van der Waals surface area contributed by atoms with Crippen LogP contribution in [0.1, 0.15) is 90.4 Å². The summed E-state index contributed by atoms with van der Waals surface area (Å²) in [6.07, 6.45) is 17.5. The molecule has 1 atom stereocenters. The van der Waals surface area contributed by atoms with Crippen molar-refractivity contribution in [2.75, 3.05) is 0 Å². The van der Waals surface area contributed by atoms with Gasteiger partial charge in [0.1, 0.15) is 6.10 Å². The van der Waals surface area contributed by atoms with E-state index >= 15 is 0 Å². The average molecular weight is 397 g/mol. The molecule has 0 amide bonds. The van der Waals surface area contributed by atoms with Crippen molar-refractivity contribution in [3.8, 4) is 0 Å². The molecule has 0 saturated carbocycles. The number of esters is 1. The molecule has 1 unspecified atom stereocenters. The average Bonchev–Trinajstić information content (AvgIpc) is 2.64. The molecule has 160 valence electrons. The number of hydrogen-bond donors (Lipinski definition) is 2. The zero-order chi connectivity index (χ0) is 21.0. The minimum atomic E-state index is -1.17. The maximum Gasteiger partial charge on any atom is 0.331 e. The highest BCUT2D eigenvalue weighted by Crippen LogP contribution is 2.14. The third-order valence-corrected chi connectivity index (χ3v) is 4.35. The van der Waals surface area contributed by atoms with Crippen LogP contribution in [0.4, 0.5) is 0 Å². The lowest BCUT2D eigenvalue weighted by atomic mass is 10.1. The summed E-state index contributed by atoms with van der Waals surface area (Å²) in [6, 6.07) is 0. The summed E-state index contributed by atoms with van der Waals surface area (Å²) in [6.45, 7) is 2.14. The quantitative estimate of drug-likeness (QED) is 0.142. The van der Waals surface area contributed by atoms with Gasteiger partial charge in [-0.2, -0.15) is 0 Å². The van der Waals surface area contributed by atoms with E-state index in [1.807, 2.05) is 6.08 Å². The predicted octanol–water partition coefficient (Wildman–Crippen LogP) is 5.27. The van der Waals surface area contributed by atoms with Crippen LogP contribution in [0.5, 0.6) is 0 Å². The second-order valence-corrected chi connectivity index (χ2v) is 6.99. The zero-order valence-corrected chi connectivity index (χ0v) is 17.1. The number of carbonyl (C=O) groups is 3. The Bertz CT molecular complexity index is 495. The predicted molar refractivity (Wildman–Crippen MR) is 109 cm³/mol. The van der Waals surface area contributed by atoms with Gasteiger partial charge in [0.2, 0.25) is 0 Å². The molecule has 6 heteroatoms. The second kappa shape index (κ2) is 18.3. The molecule has 0 aromatic carbocycles. The second-order valence-electron chi connectivity index (χ2n) is 6.99. The smallest absolute Gasteiger partial charge is 0.331 e. The van der Waals surface area contributed by atoms with E-state index in [-0.39, 0.29) is 12.5 Å². The van der Waals surface area contributed by atoms with E-state index in [0.29, 0.717) is 6.42 Å². The Hall–Kier alpha value is -2.11. The fraction of sp³-hybridized carbons (Fsp3) is 0.682. The molecule has 0 bridgehead atoms. The Kier molecular flexibility index (Phi) is 16.9. The van der Waals surface area contributed by atoms with E-state index in [0.717, 1.165) is 82.8 Å². The SMILES string of the molecule is CCCCCCC(CC=CCCCCCCCC(=O)O)OC(=O)C=CC(=O)O. The van der Waals surface area contributed by atoms with Gasteiger partial charge < -0.3 is 14.9 Å². The fourth-order valence-corrected chi connectivity index (χ4v) is 2.80. The third-order valence-electron chi connectivity index (χ3n) is 4.35. The van der Waals surface area contributed by atoms with E-state index in [9.17, 15) is 14.4 Å². The Labute approximate surface area is 168 Å². The van der Waals surface area contributed by atoms with Crippen LogP contribution in [-0.4, -0.2) is 34.2 Å². The Balaban J connectivity index is 4.09. The van der Waals surface area contributed by atoms with Gasteiger partial charge in [-0.25, -0.2) is 9.59 Å². The first-order valence-corrected chi connectivity index (χ1v) is 10.4. The minimum Gasteiger partial charge on any atom is -0.481 e. The highest BCUT2D eigenvalue weighted by atomic mass is 16.5. The zero-order valence-electron chi connectivity index (χ0n) is 17.1. The summed E-state index contributed by atoms with van der Waals surface area (Å²) in [5, 5.41) is 17.2. The molecule has 0 heterocycles. The lowest BCUT2D eigenvalue weighted by Crippen LogP contribution is -2.16. The first kappa shape index (κ1) is 25.9. The van der Waals surface area contributed by atoms with Gasteiger partial charge in [0.15, 0.2) is 0 Å². The number of rotatable bonds is 18. The number of carboxylic acids is 2. The van der Waals surface area contributed by atoms with Crippen LogP contribution >= 0.6 is 0 Å². The molecular weight excluding hydrogens is 360 g/mol. The molecule has 0 aromatic heterocycles. The normalized spacial score (nSPS) is 12.5. The van der Waals surface area contributed by atoms with Gasteiger partial charge in [-0.15, -0.1) is 0 Å². The molecule has 0 spiro atoms. The molecule has 0 aliphatic rings. The standard InChI is InChI=1S/C22H36O6/c1-2-3-4-11-14-19(28-22(27)18-17-21(25)26)15-12-9-7-5-6-8-10-13-16-20(23)24/h9,12,17-19H,2-8,10-11,13-16H2,1H3,(H,23,24)(H,25,26). The number of unbranched alkanes of at least 4 members (excludes halogenated alkanes) is 8. The maximum absolute atomic E-state index is 11.7. The molecular formula is C22H36O6. The maximum atomic E-state index is 11.7. The van der Waals surface area contributed by atoms with Crippen LogP contribution in [0.25, 0.3) is 0 Å². The van der Waals surface area contributed by atoms with Crippen LogP contribution < -0.4 is 0 Å². The van der Waals surface area contributed by atoms with Crippen molar-refractivity contribution in [3.63, 3.8) is 0 Å². The van der Waals surface area contributed by atoms with E-state index in [1.165, 1.54) is 0 Å². The van der Waals surface area contributed by atoms with Gasteiger partial charge in [0, 0.05) is 25.0 Å². The van der Waals surface area contributed by atoms with Gasteiger partial charge in [-0.3, -0.25) is 4.79 Å². The third kappa shape index (κ3) is 18.7. The van der Waals surface area contributed by atoms with E-state index in [1.54, 1.807) is 0 Å². The van der Waals surface area contributed by atoms with Crippen molar-refractivity contribution in [2.24, 2.45) is 0 Å². The first-order valence-electron chi connectivity index (χ1n) is 10.4. The number of carbonyl (C=O) groups excluding carboxylic acids is 1. The molecule has 0 saturated heterocycles. The number of aliphatic carboxylic acids is 2. The number of carboxylic acid groups (broad SMARTS) is 2. The number of ether oxygens (including phenoxy) is 1. The largest absolute Gasteiger partial charge is 0.481 e. The summed E-state index contributed by atoms with van der Waals surface area (Å²) in [7, 11) is 0. The highest BCUT2D eigenvalue weighted by Gasteiger charge is 2.11. The van der Waals surface area contributed by atoms with Crippen molar-refractivity contribution in [2.45, 2.75) is 96.5 Å². The van der Waals surface area contributed by atoms with Crippen molar-refractivity contribution < 1.29 is 29.3 Å². The van der Waals surface area contributed by atoms with Crippen LogP contribution in [0.3, 0.4) is 0 Å². The minimum absolute atomic E-state index is 0.227. The molecule has 0 aromatic rings. The van der Waals surface area contributed by atoms with E-state index in [2.05, 4.69) is 13.0 Å². The van der Waals surface area contributed by atoms with Gasteiger partial charge in [-0.1, -0.05) is 57.6 Å². The van der Waals surface area contributed by atoms with E-state index in [4.69, 9.17) is 14.9 Å². The molecule has 6 nitrogen and oxygen atoms in total. The molecule has 2 N–H and O–H groups in total. The number of hydrogen-bond acceptors (Lipinski definition) is 4. The molecule has 28 heavy (non-hydrogen) atoms. The van der Waals surface area contributed by atoms with Gasteiger partial charge >= 0.3 is 17.9 Å². The van der Waals surface area contributed by atoms with Gasteiger partial charge in [0.25, 0.3) is 0 Å². The highest BCUT2D eigenvalue weighted by molar-refractivity contribution is 5.90. The molecule has 0 radical (unpaired) electrons. The molecule has 0 rings (SSSR count). The summed E-state index contributed by atoms with van der Waals surface area (Å²) in [5.74, 6) is -2.51. The lowest BCUT2D eigenvalue weighted by molar-refractivity contribution is -0.143. The van der Waals surface area contributed by atoms with Crippen molar-refractivity contribution in [1.29, 1.82) is 0 Å².